The van der Waals surface area contributed by atoms with E-state index in [-0.39, 0.29) is 33.8 Å². The van der Waals surface area contributed by atoms with E-state index in [1.807, 2.05) is 18.2 Å². The second-order valence-corrected chi connectivity index (χ2v) is 6.82. The number of aromatic nitrogens is 1. The van der Waals surface area contributed by atoms with Gasteiger partial charge in [0.15, 0.2) is 6.61 Å². The van der Waals surface area contributed by atoms with Crippen molar-refractivity contribution in [1.29, 1.82) is 0 Å². The van der Waals surface area contributed by atoms with Crippen molar-refractivity contribution in [1.82, 2.24) is 9.88 Å². The number of benzene rings is 1. The molecule has 1 aliphatic heterocycles. The summed E-state index contributed by atoms with van der Waals surface area (Å²) in [6, 6.07) is 8.51. The van der Waals surface area contributed by atoms with Gasteiger partial charge in [0.2, 0.25) is 0 Å². The summed E-state index contributed by atoms with van der Waals surface area (Å²) in [6.07, 6.45) is 1.74. The lowest BCUT2D eigenvalue weighted by atomic mass is 10.2. The highest BCUT2D eigenvalue weighted by molar-refractivity contribution is 6.37. The minimum Gasteiger partial charge on any atom is -0.452 e. The maximum absolute atomic E-state index is 12.3. The Morgan fingerprint density at radius 1 is 1.15 bits per heavy atom. The average molecular weight is 409 g/mol. The van der Waals surface area contributed by atoms with Crippen molar-refractivity contribution in [2.75, 3.05) is 43.4 Å². The predicted octanol–water partition coefficient (Wildman–Crippen LogP) is 2.48. The molecule has 27 heavy (non-hydrogen) atoms. The van der Waals surface area contributed by atoms with Gasteiger partial charge in [-0.1, -0.05) is 29.3 Å². The van der Waals surface area contributed by atoms with Gasteiger partial charge in [0.05, 0.1) is 16.3 Å². The summed E-state index contributed by atoms with van der Waals surface area (Å²) in [5.74, 6) is -0.127. The van der Waals surface area contributed by atoms with E-state index in [1.165, 1.54) is 12.1 Å². The highest BCUT2D eigenvalue weighted by Crippen LogP contribution is 2.28. The minimum absolute atomic E-state index is 0.0419. The molecule has 1 fully saturated rings. The molecule has 142 valence electrons. The number of anilines is 2. The van der Waals surface area contributed by atoms with Gasteiger partial charge in [-0.3, -0.25) is 4.79 Å². The average Bonchev–Trinajstić information content (AvgIpc) is 2.69. The molecule has 1 aromatic heterocycles. The van der Waals surface area contributed by atoms with Gasteiger partial charge in [-0.15, -0.1) is 0 Å². The second-order valence-electron chi connectivity index (χ2n) is 5.98. The number of ether oxygens (including phenoxy) is 1. The van der Waals surface area contributed by atoms with Crippen LogP contribution in [0.2, 0.25) is 10.0 Å². The number of nitrogen functional groups attached to an aromatic ring is 1. The van der Waals surface area contributed by atoms with Crippen molar-refractivity contribution in [3.8, 4) is 0 Å². The maximum Gasteiger partial charge on any atom is 0.340 e. The second kappa shape index (κ2) is 8.45. The van der Waals surface area contributed by atoms with Crippen LogP contribution in [0.5, 0.6) is 0 Å². The Kier molecular flexibility index (Phi) is 6.03. The number of hydrogen-bond donors (Lipinski definition) is 1. The van der Waals surface area contributed by atoms with Crippen molar-refractivity contribution < 1.29 is 14.3 Å². The topological polar surface area (TPSA) is 88.8 Å². The lowest BCUT2D eigenvalue weighted by Gasteiger charge is -2.35. The number of carbonyl (C=O) groups excluding carboxylic acids is 2. The van der Waals surface area contributed by atoms with E-state index in [1.54, 1.807) is 11.1 Å². The maximum atomic E-state index is 12.3. The molecule has 1 aromatic carbocycles. The SMILES string of the molecule is Nc1c(Cl)cc(Cl)cc1C(=O)OCC(=O)N1CCN(c2ccccn2)CC1. The van der Waals surface area contributed by atoms with E-state index in [4.69, 9.17) is 33.7 Å². The van der Waals surface area contributed by atoms with Crippen LogP contribution < -0.4 is 10.6 Å². The molecule has 3 rings (SSSR count). The normalized spacial score (nSPS) is 14.1. The van der Waals surface area contributed by atoms with Gasteiger partial charge in [-0.2, -0.15) is 0 Å². The van der Waals surface area contributed by atoms with Gasteiger partial charge in [0.25, 0.3) is 5.91 Å². The minimum atomic E-state index is -0.739. The summed E-state index contributed by atoms with van der Waals surface area (Å²) < 4.78 is 5.09. The fourth-order valence-corrected chi connectivity index (χ4v) is 3.27. The van der Waals surface area contributed by atoms with Crippen molar-refractivity contribution in [3.05, 3.63) is 52.1 Å². The number of hydrogen-bond acceptors (Lipinski definition) is 6. The Morgan fingerprint density at radius 2 is 1.89 bits per heavy atom. The third-order valence-electron chi connectivity index (χ3n) is 4.25. The van der Waals surface area contributed by atoms with Crippen LogP contribution in [0.4, 0.5) is 11.5 Å². The first kappa shape index (κ1) is 19.3. The van der Waals surface area contributed by atoms with Crippen LogP contribution >= 0.6 is 23.2 Å². The number of pyridine rings is 1. The first-order valence-corrected chi connectivity index (χ1v) is 9.06. The zero-order chi connectivity index (χ0) is 19.4. The molecule has 2 N–H and O–H groups in total. The fraction of sp³-hybridized carbons (Fsp3) is 0.278. The van der Waals surface area contributed by atoms with Crippen molar-refractivity contribution in [2.24, 2.45) is 0 Å². The third-order valence-corrected chi connectivity index (χ3v) is 4.78. The molecule has 1 aliphatic rings. The fourth-order valence-electron chi connectivity index (χ4n) is 2.78. The quantitative estimate of drug-likeness (QED) is 0.617. The third kappa shape index (κ3) is 4.61. The zero-order valence-corrected chi connectivity index (χ0v) is 15.9. The largest absolute Gasteiger partial charge is 0.452 e. The van der Waals surface area contributed by atoms with Crippen LogP contribution in [0, 0.1) is 0 Å². The Balaban J connectivity index is 1.52. The zero-order valence-electron chi connectivity index (χ0n) is 14.4. The smallest absolute Gasteiger partial charge is 0.340 e. The van der Waals surface area contributed by atoms with Crippen molar-refractivity contribution in [2.45, 2.75) is 0 Å². The molecule has 1 saturated heterocycles. The van der Waals surface area contributed by atoms with Crippen LogP contribution in [0.15, 0.2) is 36.5 Å². The molecular formula is C18H18Cl2N4O3. The lowest BCUT2D eigenvalue weighted by molar-refractivity contribution is -0.134. The highest BCUT2D eigenvalue weighted by Gasteiger charge is 2.23. The van der Waals surface area contributed by atoms with Gasteiger partial charge in [0.1, 0.15) is 5.82 Å². The Hall–Kier alpha value is -2.51. The monoisotopic (exact) mass is 408 g/mol. The summed E-state index contributed by atoms with van der Waals surface area (Å²) in [5, 5.41) is 0.421. The van der Waals surface area contributed by atoms with Gasteiger partial charge < -0.3 is 20.3 Å². The first-order chi connectivity index (χ1) is 13.0. The molecule has 0 radical (unpaired) electrons. The molecule has 0 atom stereocenters. The van der Waals surface area contributed by atoms with Crippen LogP contribution in [-0.2, 0) is 9.53 Å². The van der Waals surface area contributed by atoms with E-state index in [0.29, 0.717) is 26.2 Å². The van der Waals surface area contributed by atoms with Crippen LogP contribution in [0.1, 0.15) is 10.4 Å². The molecule has 0 unspecified atom stereocenters. The Bertz CT molecular complexity index is 840. The van der Waals surface area contributed by atoms with Crippen molar-refractivity contribution >= 4 is 46.6 Å². The summed E-state index contributed by atoms with van der Waals surface area (Å²) >= 11 is 11.8. The van der Waals surface area contributed by atoms with E-state index < -0.39 is 5.97 Å². The molecule has 2 heterocycles. The number of rotatable bonds is 4. The van der Waals surface area contributed by atoms with Gasteiger partial charge >= 0.3 is 5.97 Å². The number of piperazine rings is 1. The van der Waals surface area contributed by atoms with E-state index in [9.17, 15) is 9.59 Å². The number of nitrogens with two attached hydrogens (primary N) is 1. The molecule has 0 aliphatic carbocycles. The molecular weight excluding hydrogens is 391 g/mol. The van der Waals surface area contributed by atoms with Crippen LogP contribution in [-0.4, -0.2) is 54.5 Å². The van der Waals surface area contributed by atoms with E-state index >= 15 is 0 Å². The van der Waals surface area contributed by atoms with Crippen molar-refractivity contribution in [3.63, 3.8) is 0 Å². The van der Waals surface area contributed by atoms with Gasteiger partial charge in [-0.05, 0) is 24.3 Å². The van der Waals surface area contributed by atoms with E-state index in [2.05, 4.69) is 9.88 Å². The van der Waals surface area contributed by atoms with Crippen LogP contribution in [0.25, 0.3) is 0 Å². The number of esters is 1. The lowest BCUT2D eigenvalue weighted by Crippen LogP contribution is -2.50. The predicted molar refractivity (Wildman–Crippen MR) is 104 cm³/mol. The molecule has 0 saturated carbocycles. The molecule has 9 heteroatoms. The number of carbonyl (C=O) groups is 2. The van der Waals surface area contributed by atoms with E-state index in [0.717, 1.165) is 5.82 Å². The standard InChI is InChI=1S/C18H18Cl2N4O3/c19-12-9-13(17(21)14(20)10-12)18(26)27-11-16(25)24-7-5-23(6-8-24)15-3-1-2-4-22-15/h1-4,9-10H,5-8,11,21H2. The Morgan fingerprint density at radius 3 is 2.56 bits per heavy atom. The molecule has 0 spiro atoms. The number of nitrogens with zero attached hydrogens (tertiary/aromatic N) is 3. The Labute approximate surface area is 166 Å². The molecule has 7 nitrogen and oxygen atoms in total. The summed E-state index contributed by atoms with van der Waals surface area (Å²) in [4.78, 5) is 32.6. The summed E-state index contributed by atoms with van der Waals surface area (Å²) in [7, 11) is 0. The van der Waals surface area contributed by atoms with Gasteiger partial charge in [-0.25, -0.2) is 9.78 Å². The molecule has 1 amide bonds. The number of amides is 1. The molecule has 0 bridgehead atoms. The first-order valence-electron chi connectivity index (χ1n) is 8.31. The van der Waals surface area contributed by atoms with Gasteiger partial charge in [0, 0.05) is 37.4 Å². The summed E-state index contributed by atoms with van der Waals surface area (Å²) in [6.45, 7) is 2.00. The molecule has 2 aromatic rings. The van der Waals surface area contributed by atoms with Crippen LogP contribution in [0.3, 0.4) is 0 Å². The summed E-state index contributed by atoms with van der Waals surface area (Å²) in [5.41, 5.74) is 5.89. The highest BCUT2D eigenvalue weighted by atomic mass is 35.5. The number of halogens is 2.